The molecule has 1 fully saturated rings. The Kier molecular flexibility index (Phi) is 7.02. The summed E-state index contributed by atoms with van der Waals surface area (Å²) in [5.41, 5.74) is 3.17. The van der Waals surface area contributed by atoms with Crippen LogP contribution in [0.2, 0.25) is 0 Å². The SMILES string of the molecule is CN=C(NCCc1c(C)noc1C)NCC1(c2cccc(F)c2)CC1.I. The van der Waals surface area contributed by atoms with Crippen LogP contribution in [-0.2, 0) is 11.8 Å². The zero-order chi connectivity index (χ0) is 17.9. The molecule has 0 spiro atoms. The number of hydrogen-bond donors (Lipinski definition) is 2. The molecule has 0 radical (unpaired) electrons. The molecule has 0 amide bonds. The molecule has 3 rings (SSSR count). The minimum Gasteiger partial charge on any atom is -0.361 e. The lowest BCUT2D eigenvalue weighted by Crippen LogP contribution is -2.42. The Hall–Kier alpha value is -1.64. The highest BCUT2D eigenvalue weighted by atomic mass is 127. The molecule has 0 atom stereocenters. The van der Waals surface area contributed by atoms with Crippen molar-refractivity contribution in [1.29, 1.82) is 0 Å². The van der Waals surface area contributed by atoms with Crippen molar-refractivity contribution >= 4 is 29.9 Å². The van der Waals surface area contributed by atoms with Crippen LogP contribution < -0.4 is 10.6 Å². The Labute approximate surface area is 170 Å². The van der Waals surface area contributed by atoms with Crippen molar-refractivity contribution in [3.8, 4) is 0 Å². The van der Waals surface area contributed by atoms with Gasteiger partial charge in [-0.3, -0.25) is 4.99 Å². The van der Waals surface area contributed by atoms with Crippen LogP contribution in [0.4, 0.5) is 4.39 Å². The van der Waals surface area contributed by atoms with E-state index in [1.165, 1.54) is 6.07 Å². The predicted molar refractivity (Wildman–Crippen MR) is 112 cm³/mol. The molecule has 2 N–H and O–H groups in total. The third-order valence-electron chi connectivity index (χ3n) is 4.96. The van der Waals surface area contributed by atoms with Crippen LogP contribution in [0.3, 0.4) is 0 Å². The molecule has 1 aromatic heterocycles. The van der Waals surface area contributed by atoms with Gasteiger partial charge in [0.15, 0.2) is 5.96 Å². The summed E-state index contributed by atoms with van der Waals surface area (Å²) in [5, 5.41) is 10.7. The largest absolute Gasteiger partial charge is 0.361 e. The van der Waals surface area contributed by atoms with Gasteiger partial charge in [0.1, 0.15) is 11.6 Å². The van der Waals surface area contributed by atoms with Crippen LogP contribution in [0.1, 0.15) is 35.4 Å². The average Bonchev–Trinajstić information content (AvgIpc) is 3.33. The number of aliphatic imine (C=N–C) groups is 1. The highest BCUT2D eigenvalue weighted by Gasteiger charge is 2.44. The van der Waals surface area contributed by atoms with E-state index in [4.69, 9.17) is 4.52 Å². The van der Waals surface area contributed by atoms with E-state index < -0.39 is 0 Å². The lowest BCUT2D eigenvalue weighted by Gasteiger charge is -2.19. The van der Waals surface area contributed by atoms with E-state index in [9.17, 15) is 4.39 Å². The fourth-order valence-corrected chi connectivity index (χ4v) is 3.17. The first-order valence-electron chi connectivity index (χ1n) is 8.66. The number of hydrogen-bond acceptors (Lipinski definition) is 3. The monoisotopic (exact) mass is 472 g/mol. The third-order valence-corrected chi connectivity index (χ3v) is 4.96. The van der Waals surface area contributed by atoms with Gasteiger partial charge in [-0.15, -0.1) is 24.0 Å². The van der Waals surface area contributed by atoms with Gasteiger partial charge in [0.2, 0.25) is 0 Å². The Balaban J connectivity index is 0.00000243. The second kappa shape index (κ2) is 8.83. The maximum atomic E-state index is 13.5. The highest BCUT2D eigenvalue weighted by Crippen LogP contribution is 2.47. The van der Waals surface area contributed by atoms with Gasteiger partial charge in [-0.25, -0.2) is 4.39 Å². The summed E-state index contributed by atoms with van der Waals surface area (Å²) < 4.78 is 18.7. The number of halogens is 2. The number of rotatable bonds is 6. The summed E-state index contributed by atoms with van der Waals surface area (Å²) >= 11 is 0. The molecule has 26 heavy (non-hydrogen) atoms. The Bertz CT molecular complexity index is 751. The number of benzene rings is 1. The van der Waals surface area contributed by atoms with E-state index >= 15 is 0 Å². The Morgan fingerprint density at radius 1 is 1.31 bits per heavy atom. The lowest BCUT2D eigenvalue weighted by molar-refractivity contribution is 0.392. The van der Waals surface area contributed by atoms with E-state index in [1.54, 1.807) is 19.2 Å². The molecule has 0 bridgehead atoms. The molecule has 1 aliphatic rings. The van der Waals surface area contributed by atoms with E-state index in [-0.39, 0.29) is 35.2 Å². The van der Waals surface area contributed by atoms with Crippen molar-refractivity contribution in [3.63, 3.8) is 0 Å². The maximum Gasteiger partial charge on any atom is 0.191 e. The summed E-state index contributed by atoms with van der Waals surface area (Å²) in [4.78, 5) is 4.28. The van der Waals surface area contributed by atoms with Crippen LogP contribution >= 0.6 is 24.0 Å². The van der Waals surface area contributed by atoms with Crippen molar-refractivity contribution < 1.29 is 8.91 Å². The van der Waals surface area contributed by atoms with Crippen LogP contribution in [-0.4, -0.2) is 31.3 Å². The van der Waals surface area contributed by atoms with Gasteiger partial charge in [-0.1, -0.05) is 17.3 Å². The normalized spacial score (nSPS) is 15.3. The fraction of sp³-hybridized carbons (Fsp3) is 0.474. The first-order valence-corrected chi connectivity index (χ1v) is 8.66. The minimum atomic E-state index is -0.175. The van der Waals surface area contributed by atoms with Crippen molar-refractivity contribution in [2.24, 2.45) is 4.99 Å². The zero-order valence-corrected chi connectivity index (χ0v) is 17.8. The summed E-state index contributed by atoms with van der Waals surface area (Å²) in [6.07, 6.45) is 2.97. The van der Waals surface area contributed by atoms with Gasteiger partial charge < -0.3 is 15.2 Å². The second-order valence-electron chi connectivity index (χ2n) is 6.70. The van der Waals surface area contributed by atoms with Crippen LogP contribution in [0, 0.1) is 19.7 Å². The van der Waals surface area contributed by atoms with Crippen LogP contribution in [0.5, 0.6) is 0 Å². The molecule has 1 heterocycles. The molecular formula is C19H26FIN4O. The second-order valence-corrected chi connectivity index (χ2v) is 6.70. The van der Waals surface area contributed by atoms with Gasteiger partial charge in [-0.05, 0) is 50.8 Å². The molecule has 0 unspecified atom stereocenters. The smallest absolute Gasteiger partial charge is 0.191 e. The topological polar surface area (TPSA) is 62.5 Å². The lowest BCUT2D eigenvalue weighted by atomic mass is 9.96. The van der Waals surface area contributed by atoms with E-state index in [1.807, 2.05) is 19.9 Å². The summed E-state index contributed by atoms with van der Waals surface area (Å²) in [7, 11) is 1.76. The Morgan fingerprint density at radius 2 is 2.08 bits per heavy atom. The molecule has 142 valence electrons. The molecule has 5 nitrogen and oxygen atoms in total. The van der Waals surface area contributed by atoms with Gasteiger partial charge in [-0.2, -0.15) is 0 Å². The van der Waals surface area contributed by atoms with E-state index in [0.717, 1.165) is 60.9 Å². The molecule has 1 aliphatic carbocycles. The van der Waals surface area contributed by atoms with E-state index in [0.29, 0.717) is 0 Å². The molecule has 7 heteroatoms. The van der Waals surface area contributed by atoms with Crippen molar-refractivity contribution in [2.75, 3.05) is 20.1 Å². The highest BCUT2D eigenvalue weighted by molar-refractivity contribution is 14.0. The molecule has 0 saturated heterocycles. The van der Waals surface area contributed by atoms with Gasteiger partial charge in [0.25, 0.3) is 0 Å². The molecule has 1 saturated carbocycles. The molecule has 2 aromatic rings. The summed E-state index contributed by atoms with van der Waals surface area (Å²) in [5.74, 6) is 1.45. The number of nitrogens with zero attached hydrogens (tertiary/aromatic N) is 2. The van der Waals surface area contributed by atoms with Crippen molar-refractivity contribution in [1.82, 2.24) is 15.8 Å². The predicted octanol–water partition coefficient (Wildman–Crippen LogP) is 3.49. The van der Waals surface area contributed by atoms with Crippen LogP contribution in [0.15, 0.2) is 33.8 Å². The maximum absolute atomic E-state index is 13.5. The number of aryl methyl sites for hydroxylation is 2. The Morgan fingerprint density at radius 3 is 2.65 bits per heavy atom. The molecular weight excluding hydrogens is 446 g/mol. The van der Waals surface area contributed by atoms with Gasteiger partial charge in [0.05, 0.1) is 5.69 Å². The third kappa shape index (κ3) is 4.75. The standard InChI is InChI=1S/C19H25FN4O.HI/c1-13-17(14(2)25-24-13)7-10-22-18(21-3)23-12-19(8-9-19)15-5-4-6-16(20)11-15;/h4-6,11H,7-10,12H2,1-3H3,(H2,21,22,23);1H. The van der Waals surface area contributed by atoms with Crippen LogP contribution in [0.25, 0.3) is 0 Å². The molecule has 0 aliphatic heterocycles. The summed E-state index contributed by atoms with van der Waals surface area (Å²) in [6.45, 7) is 5.38. The average molecular weight is 472 g/mol. The minimum absolute atomic E-state index is 0. The fourth-order valence-electron chi connectivity index (χ4n) is 3.17. The van der Waals surface area contributed by atoms with Crippen molar-refractivity contribution in [3.05, 3.63) is 52.7 Å². The number of guanidine groups is 1. The quantitative estimate of drug-likeness (QED) is 0.384. The zero-order valence-electron chi connectivity index (χ0n) is 15.4. The summed E-state index contributed by atoms with van der Waals surface area (Å²) in [6, 6.07) is 6.91. The number of aromatic nitrogens is 1. The van der Waals surface area contributed by atoms with E-state index in [2.05, 4.69) is 20.8 Å². The first kappa shape index (κ1) is 20.7. The first-order chi connectivity index (χ1) is 12.0. The van der Waals surface area contributed by atoms with Gasteiger partial charge >= 0.3 is 0 Å². The van der Waals surface area contributed by atoms with Crippen molar-refractivity contribution in [2.45, 2.75) is 38.5 Å². The number of nitrogens with one attached hydrogen (secondary N) is 2. The van der Waals surface area contributed by atoms with Gasteiger partial charge in [0, 0.05) is 31.1 Å². The molecule has 1 aromatic carbocycles.